The predicted molar refractivity (Wildman–Crippen MR) is 105 cm³/mol. The van der Waals surface area contributed by atoms with Crippen LogP contribution in [0.4, 0.5) is 31.1 Å². The van der Waals surface area contributed by atoms with Gasteiger partial charge in [-0.15, -0.1) is 0 Å². The van der Waals surface area contributed by atoms with E-state index in [-0.39, 0.29) is 12.2 Å². The van der Waals surface area contributed by atoms with Gasteiger partial charge in [0.15, 0.2) is 0 Å². The normalized spacial score (nSPS) is 12.7. The second-order valence-electron chi connectivity index (χ2n) is 6.89. The highest BCUT2D eigenvalue weighted by atomic mass is 19.4. The molecule has 1 heterocycles. The molecule has 0 bridgehead atoms. The Bertz CT molecular complexity index is 945. The van der Waals surface area contributed by atoms with E-state index in [2.05, 4.69) is 15.6 Å². The maximum Gasteiger partial charge on any atom is 0.418 e. The van der Waals surface area contributed by atoms with Crippen LogP contribution in [0.15, 0.2) is 42.6 Å². The number of halogens is 6. The minimum atomic E-state index is -4.84. The molecule has 180 valence electrons. The van der Waals surface area contributed by atoms with Crippen LogP contribution in [-0.2, 0) is 21.9 Å². The van der Waals surface area contributed by atoms with E-state index in [9.17, 15) is 35.9 Å². The summed E-state index contributed by atoms with van der Waals surface area (Å²) in [5.74, 6) is -0.751. The fraction of sp³-hybridized carbons (Fsp3) is 0.381. The number of hydrogen-bond donors (Lipinski definition) is 2. The summed E-state index contributed by atoms with van der Waals surface area (Å²) < 4.78 is 84.0. The van der Waals surface area contributed by atoms with Gasteiger partial charge in [0.25, 0.3) is 0 Å². The van der Waals surface area contributed by atoms with Crippen molar-refractivity contribution in [3.8, 4) is 0 Å². The van der Waals surface area contributed by atoms with Gasteiger partial charge in [-0.3, -0.25) is 9.78 Å². The van der Waals surface area contributed by atoms with E-state index < -0.39 is 53.8 Å². The highest BCUT2D eigenvalue weighted by Gasteiger charge is 2.37. The summed E-state index contributed by atoms with van der Waals surface area (Å²) in [7, 11) is 0. The zero-order chi connectivity index (χ0) is 24.6. The smallest absolute Gasteiger partial charge is 0.418 e. The molecular weight excluding hydrogens is 456 g/mol. The van der Waals surface area contributed by atoms with Gasteiger partial charge >= 0.3 is 24.4 Å². The molecule has 1 aromatic carbocycles. The number of urea groups is 1. The number of amides is 2. The van der Waals surface area contributed by atoms with Crippen molar-refractivity contribution in [2.24, 2.45) is 0 Å². The van der Waals surface area contributed by atoms with E-state index in [4.69, 9.17) is 4.74 Å². The number of benzene rings is 1. The van der Waals surface area contributed by atoms with Crippen molar-refractivity contribution in [3.63, 3.8) is 0 Å². The molecule has 0 aliphatic carbocycles. The van der Waals surface area contributed by atoms with Crippen molar-refractivity contribution in [1.82, 2.24) is 15.6 Å². The van der Waals surface area contributed by atoms with E-state index in [1.165, 1.54) is 0 Å². The monoisotopic (exact) mass is 477 g/mol. The van der Waals surface area contributed by atoms with Gasteiger partial charge in [0.2, 0.25) is 0 Å². The number of carbonyl (C=O) groups excluding carboxylic acids is 2. The van der Waals surface area contributed by atoms with Gasteiger partial charge < -0.3 is 15.4 Å². The first-order valence-electron chi connectivity index (χ1n) is 9.82. The van der Waals surface area contributed by atoms with Crippen LogP contribution in [0.25, 0.3) is 0 Å². The first-order chi connectivity index (χ1) is 15.4. The topological polar surface area (TPSA) is 80.3 Å². The fourth-order valence-electron chi connectivity index (χ4n) is 2.78. The average Bonchev–Trinajstić information content (AvgIpc) is 2.75. The largest absolute Gasteiger partial charge is 0.464 e. The van der Waals surface area contributed by atoms with E-state index >= 15 is 0 Å². The van der Waals surface area contributed by atoms with E-state index in [0.717, 1.165) is 36.9 Å². The summed E-state index contributed by atoms with van der Waals surface area (Å²) in [6.45, 7) is 1.48. The van der Waals surface area contributed by atoms with Crippen molar-refractivity contribution in [2.45, 2.75) is 38.2 Å². The Kier molecular flexibility index (Phi) is 8.66. The van der Waals surface area contributed by atoms with Crippen LogP contribution in [0.1, 0.15) is 48.2 Å². The number of carbonyl (C=O) groups is 2. The Hall–Kier alpha value is -3.31. The minimum Gasteiger partial charge on any atom is -0.464 e. The maximum atomic E-state index is 13.5. The fourth-order valence-corrected chi connectivity index (χ4v) is 2.78. The van der Waals surface area contributed by atoms with Gasteiger partial charge in [0, 0.05) is 6.20 Å². The number of aromatic nitrogens is 1. The summed E-state index contributed by atoms with van der Waals surface area (Å²) in [6.07, 6.45) is -7.03. The molecule has 2 N–H and O–H groups in total. The number of alkyl halides is 6. The van der Waals surface area contributed by atoms with Gasteiger partial charge in [-0.05, 0) is 36.2 Å². The molecule has 12 heteroatoms. The summed E-state index contributed by atoms with van der Waals surface area (Å²) in [4.78, 5) is 27.7. The summed E-state index contributed by atoms with van der Waals surface area (Å²) in [6, 6.07) is 2.45. The molecule has 1 atom stereocenters. The number of rotatable bonds is 8. The molecule has 0 radical (unpaired) electrons. The molecule has 2 amide bonds. The summed E-state index contributed by atoms with van der Waals surface area (Å²) in [5, 5.41) is 4.40. The minimum absolute atomic E-state index is 0.0760. The number of hydrogen-bond acceptors (Lipinski definition) is 4. The van der Waals surface area contributed by atoms with E-state index in [1.807, 2.05) is 6.92 Å². The van der Waals surface area contributed by atoms with Crippen LogP contribution in [0.2, 0.25) is 0 Å². The third-order valence-corrected chi connectivity index (χ3v) is 4.42. The first kappa shape index (κ1) is 25.9. The molecule has 33 heavy (non-hydrogen) atoms. The van der Waals surface area contributed by atoms with Gasteiger partial charge in [-0.1, -0.05) is 25.5 Å². The zero-order valence-corrected chi connectivity index (χ0v) is 17.4. The van der Waals surface area contributed by atoms with Gasteiger partial charge in [0.1, 0.15) is 6.54 Å². The molecule has 0 aliphatic heterocycles. The van der Waals surface area contributed by atoms with Crippen molar-refractivity contribution in [1.29, 1.82) is 0 Å². The molecule has 1 aromatic heterocycles. The molecule has 2 rings (SSSR count). The van der Waals surface area contributed by atoms with E-state index in [1.54, 1.807) is 0 Å². The van der Waals surface area contributed by atoms with Crippen LogP contribution in [0, 0.1) is 0 Å². The van der Waals surface area contributed by atoms with Crippen LogP contribution >= 0.6 is 0 Å². The molecule has 0 saturated carbocycles. The van der Waals surface area contributed by atoms with Crippen LogP contribution in [0.5, 0.6) is 0 Å². The highest BCUT2D eigenvalue weighted by molar-refractivity contribution is 5.81. The molecule has 0 saturated heterocycles. The van der Waals surface area contributed by atoms with Crippen molar-refractivity contribution < 1.29 is 40.7 Å². The predicted octanol–water partition coefficient (Wildman–Crippen LogP) is 4.85. The number of unbranched alkanes of at least 4 members (excludes halogenated alkanes) is 1. The summed E-state index contributed by atoms with van der Waals surface area (Å²) >= 11 is 0. The van der Waals surface area contributed by atoms with Crippen molar-refractivity contribution in [2.75, 3.05) is 13.2 Å². The Labute approximate surface area is 185 Å². The van der Waals surface area contributed by atoms with Crippen LogP contribution in [-0.4, -0.2) is 30.1 Å². The van der Waals surface area contributed by atoms with E-state index in [0.29, 0.717) is 18.6 Å². The van der Waals surface area contributed by atoms with Crippen molar-refractivity contribution in [3.05, 3.63) is 65.0 Å². The Morgan fingerprint density at radius 2 is 1.70 bits per heavy atom. The quantitative estimate of drug-likeness (QED) is 0.324. The Morgan fingerprint density at radius 3 is 2.27 bits per heavy atom. The average molecular weight is 477 g/mol. The highest BCUT2D eigenvalue weighted by Crippen LogP contribution is 2.36. The second kappa shape index (κ2) is 11.0. The van der Waals surface area contributed by atoms with Crippen molar-refractivity contribution >= 4 is 12.0 Å². The number of ether oxygens (including phenoxy) is 1. The zero-order valence-electron chi connectivity index (χ0n) is 17.4. The van der Waals surface area contributed by atoms with Gasteiger partial charge in [-0.25, -0.2) is 4.79 Å². The van der Waals surface area contributed by atoms with Gasteiger partial charge in [0.05, 0.1) is 29.5 Å². The lowest BCUT2D eigenvalue weighted by molar-refractivity contribution is -0.142. The SMILES string of the molecule is CCCCOC(=O)CNC(=O)NC(c1ccc(C(F)(F)F)cc1)c1ncccc1C(F)(F)F. The molecule has 0 fully saturated rings. The molecule has 1 unspecified atom stereocenters. The Morgan fingerprint density at radius 1 is 1.03 bits per heavy atom. The van der Waals surface area contributed by atoms with Gasteiger partial charge in [-0.2, -0.15) is 26.3 Å². The first-order valence-corrected chi connectivity index (χ1v) is 9.82. The maximum absolute atomic E-state index is 13.5. The molecule has 0 spiro atoms. The van der Waals surface area contributed by atoms with Crippen LogP contribution in [0.3, 0.4) is 0 Å². The molecule has 0 aliphatic rings. The number of nitrogens with zero attached hydrogens (tertiary/aromatic N) is 1. The lowest BCUT2D eigenvalue weighted by Crippen LogP contribution is -2.41. The van der Waals surface area contributed by atoms with Crippen LogP contribution < -0.4 is 10.6 Å². The lowest BCUT2D eigenvalue weighted by atomic mass is 9.98. The molecule has 6 nitrogen and oxygen atoms in total. The number of pyridine rings is 1. The number of nitrogens with one attached hydrogen (secondary N) is 2. The molecular formula is C21H21F6N3O3. The lowest BCUT2D eigenvalue weighted by Gasteiger charge is -2.23. The summed E-state index contributed by atoms with van der Waals surface area (Å²) in [5.41, 5.74) is -2.88. The molecule has 2 aromatic rings. The number of esters is 1. The third-order valence-electron chi connectivity index (χ3n) is 4.42. The standard InChI is InChI=1S/C21H21F6N3O3/c1-2-3-11-33-16(31)12-29-19(32)30-17(13-6-8-14(9-7-13)20(22,23)24)18-15(21(25,26)27)5-4-10-28-18/h4-10,17H,2-3,11-12H2,1H3,(H2,29,30,32). The Balaban J connectivity index is 2.29. The third kappa shape index (κ3) is 7.65. The second-order valence-corrected chi connectivity index (χ2v) is 6.89.